The highest BCUT2D eigenvalue weighted by atomic mass is 16.5. The van der Waals surface area contributed by atoms with E-state index in [1.807, 2.05) is 31.2 Å². The zero-order valence-electron chi connectivity index (χ0n) is 7.00. The van der Waals surface area contributed by atoms with E-state index in [9.17, 15) is 0 Å². The smallest absolute Gasteiger partial charge is 0.205 e. The molecule has 0 fully saturated rings. The van der Waals surface area contributed by atoms with Gasteiger partial charge in [0.15, 0.2) is 0 Å². The van der Waals surface area contributed by atoms with E-state index in [1.54, 1.807) is 0 Å². The number of ether oxygens (including phenoxy) is 1. The van der Waals surface area contributed by atoms with Gasteiger partial charge >= 0.3 is 0 Å². The Balaban J connectivity index is 2.11. The lowest BCUT2D eigenvalue weighted by molar-refractivity contribution is 0.105. The number of hydrogen-bond acceptors (Lipinski definition) is 3. The van der Waals surface area contributed by atoms with Crippen molar-refractivity contribution in [3.8, 4) is 0 Å². The molecule has 0 amide bonds. The third kappa shape index (κ3) is 1.23. The predicted octanol–water partition coefficient (Wildman–Crippen LogP) is 1.84. The van der Waals surface area contributed by atoms with Gasteiger partial charge in [-0.05, 0) is 19.1 Å². The van der Waals surface area contributed by atoms with E-state index in [0.29, 0.717) is 6.61 Å². The molecule has 1 aliphatic rings. The predicted molar refractivity (Wildman–Crippen MR) is 49.1 cm³/mol. The van der Waals surface area contributed by atoms with Gasteiger partial charge in [-0.1, -0.05) is 12.1 Å². The van der Waals surface area contributed by atoms with Gasteiger partial charge < -0.3 is 15.4 Å². The van der Waals surface area contributed by atoms with E-state index in [4.69, 9.17) is 4.74 Å². The first-order valence-corrected chi connectivity index (χ1v) is 4.14. The summed E-state index contributed by atoms with van der Waals surface area (Å²) in [5.74, 6) is 0. The molecule has 3 heteroatoms. The highest BCUT2D eigenvalue weighted by Gasteiger charge is 2.17. The van der Waals surface area contributed by atoms with Crippen molar-refractivity contribution in [2.24, 2.45) is 0 Å². The van der Waals surface area contributed by atoms with Gasteiger partial charge in [0.05, 0.1) is 11.4 Å². The first-order chi connectivity index (χ1) is 5.90. The van der Waals surface area contributed by atoms with E-state index < -0.39 is 0 Å². The molecule has 2 N–H and O–H groups in total. The average Bonchev–Trinajstić information content (AvgIpc) is 2.47. The Morgan fingerprint density at radius 1 is 1.25 bits per heavy atom. The van der Waals surface area contributed by atoms with E-state index in [2.05, 4.69) is 10.6 Å². The van der Waals surface area contributed by atoms with Gasteiger partial charge in [-0.25, -0.2) is 0 Å². The summed E-state index contributed by atoms with van der Waals surface area (Å²) < 4.78 is 5.36. The Hall–Kier alpha value is -1.22. The Kier molecular flexibility index (Phi) is 1.87. The van der Waals surface area contributed by atoms with Gasteiger partial charge in [0.1, 0.15) is 0 Å². The minimum Gasteiger partial charge on any atom is -0.341 e. The standard InChI is InChI=1S/C9H12N2O/c1-2-12-9-10-7-5-3-4-6-8(7)11-9/h3-6,9-11H,2H2,1H3. The zero-order chi connectivity index (χ0) is 8.39. The summed E-state index contributed by atoms with van der Waals surface area (Å²) in [6, 6.07) is 8.06. The minimum absolute atomic E-state index is 0.0626. The molecular weight excluding hydrogens is 152 g/mol. The van der Waals surface area contributed by atoms with Crippen molar-refractivity contribution in [3.05, 3.63) is 24.3 Å². The first-order valence-electron chi connectivity index (χ1n) is 4.14. The van der Waals surface area contributed by atoms with Crippen LogP contribution in [0.25, 0.3) is 0 Å². The number of para-hydroxylation sites is 2. The Morgan fingerprint density at radius 2 is 1.83 bits per heavy atom. The van der Waals surface area contributed by atoms with E-state index in [0.717, 1.165) is 11.4 Å². The normalized spacial score (nSPS) is 15.1. The average molecular weight is 164 g/mol. The molecule has 1 heterocycles. The van der Waals surface area contributed by atoms with Crippen LogP contribution in [0, 0.1) is 0 Å². The highest BCUT2D eigenvalue weighted by Crippen LogP contribution is 2.27. The fourth-order valence-corrected chi connectivity index (χ4v) is 1.30. The molecule has 1 aliphatic heterocycles. The van der Waals surface area contributed by atoms with Gasteiger partial charge in [0, 0.05) is 6.61 Å². The molecule has 0 aromatic heterocycles. The SMILES string of the molecule is CCOC1Nc2ccccc2N1. The molecule has 12 heavy (non-hydrogen) atoms. The van der Waals surface area contributed by atoms with Crippen LogP contribution in [-0.2, 0) is 4.74 Å². The molecule has 0 radical (unpaired) electrons. The lowest BCUT2D eigenvalue weighted by atomic mass is 10.3. The van der Waals surface area contributed by atoms with E-state index in [-0.39, 0.29) is 6.35 Å². The van der Waals surface area contributed by atoms with Crippen LogP contribution in [0.1, 0.15) is 6.92 Å². The Bertz CT molecular complexity index is 250. The topological polar surface area (TPSA) is 33.3 Å². The fourth-order valence-electron chi connectivity index (χ4n) is 1.30. The van der Waals surface area contributed by atoms with Crippen LogP contribution < -0.4 is 10.6 Å². The number of rotatable bonds is 2. The lowest BCUT2D eigenvalue weighted by Crippen LogP contribution is -2.25. The van der Waals surface area contributed by atoms with Crippen molar-refractivity contribution in [1.82, 2.24) is 0 Å². The first kappa shape index (κ1) is 7.43. The zero-order valence-corrected chi connectivity index (χ0v) is 7.00. The maximum atomic E-state index is 5.36. The molecule has 0 bridgehead atoms. The summed E-state index contributed by atoms with van der Waals surface area (Å²) in [5, 5.41) is 6.40. The molecule has 1 aromatic rings. The maximum Gasteiger partial charge on any atom is 0.205 e. The molecule has 0 saturated carbocycles. The van der Waals surface area contributed by atoms with Gasteiger partial charge in [-0.15, -0.1) is 0 Å². The minimum atomic E-state index is -0.0626. The molecule has 2 rings (SSSR count). The second-order valence-corrected chi connectivity index (χ2v) is 2.67. The number of nitrogens with one attached hydrogen (secondary N) is 2. The van der Waals surface area contributed by atoms with Crippen LogP contribution in [0.5, 0.6) is 0 Å². The second kappa shape index (κ2) is 3.03. The number of fused-ring (bicyclic) bond motifs is 1. The third-order valence-electron chi connectivity index (χ3n) is 1.83. The maximum absolute atomic E-state index is 5.36. The monoisotopic (exact) mass is 164 g/mol. The van der Waals surface area contributed by atoms with Crippen molar-refractivity contribution >= 4 is 11.4 Å². The van der Waals surface area contributed by atoms with Crippen LogP contribution in [0.3, 0.4) is 0 Å². The van der Waals surface area contributed by atoms with Crippen molar-refractivity contribution < 1.29 is 4.74 Å². The summed E-state index contributed by atoms with van der Waals surface area (Å²) in [7, 11) is 0. The van der Waals surface area contributed by atoms with Crippen LogP contribution in [0.15, 0.2) is 24.3 Å². The molecule has 0 unspecified atom stereocenters. The van der Waals surface area contributed by atoms with Crippen molar-refractivity contribution in [3.63, 3.8) is 0 Å². The van der Waals surface area contributed by atoms with Crippen LogP contribution >= 0.6 is 0 Å². The molecule has 0 aliphatic carbocycles. The number of anilines is 2. The summed E-state index contributed by atoms with van der Waals surface area (Å²) in [6.45, 7) is 2.69. The van der Waals surface area contributed by atoms with Gasteiger partial charge in [0.25, 0.3) is 0 Å². The lowest BCUT2D eigenvalue weighted by Gasteiger charge is -2.10. The molecular formula is C9H12N2O. The van der Waals surface area contributed by atoms with E-state index >= 15 is 0 Å². The molecule has 0 spiro atoms. The Morgan fingerprint density at radius 3 is 2.33 bits per heavy atom. The third-order valence-corrected chi connectivity index (χ3v) is 1.83. The largest absolute Gasteiger partial charge is 0.341 e. The highest BCUT2D eigenvalue weighted by molar-refractivity contribution is 5.73. The second-order valence-electron chi connectivity index (χ2n) is 2.67. The fraction of sp³-hybridized carbons (Fsp3) is 0.333. The Labute approximate surface area is 71.7 Å². The van der Waals surface area contributed by atoms with Crippen molar-refractivity contribution in [1.29, 1.82) is 0 Å². The molecule has 0 saturated heterocycles. The number of hydrogen-bond donors (Lipinski definition) is 2. The molecule has 3 nitrogen and oxygen atoms in total. The van der Waals surface area contributed by atoms with Crippen LogP contribution in [0.2, 0.25) is 0 Å². The quantitative estimate of drug-likeness (QED) is 0.699. The summed E-state index contributed by atoms with van der Waals surface area (Å²) in [5.41, 5.74) is 2.21. The number of benzene rings is 1. The summed E-state index contributed by atoms with van der Waals surface area (Å²) >= 11 is 0. The summed E-state index contributed by atoms with van der Waals surface area (Å²) in [6.07, 6.45) is -0.0626. The van der Waals surface area contributed by atoms with Crippen molar-refractivity contribution in [2.75, 3.05) is 17.2 Å². The molecule has 1 aromatic carbocycles. The van der Waals surface area contributed by atoms with Crippen LogP contribution in [-0.4, -0.2) is 13.0 Å². The summed E-state index contributed by atoms with van der Waals surface area (Å²) in [4.78, 5) is 0. The van der Waals surface area contributed by atoms with Gasteiger partial charge in [-0.2, -0.15) is 0 Å². The van der Waals surface area contributed by atoms with Gasteiger partial charge in [-0.3, -0.25) is 0 Å². The van der Waals surface area contributed by atoms with Gasteiger partial charge in [0.2, 0.25) is 6.35 Å². The molecule has 0 atom stereocenters. The van der Waals surface area contributed by atoms with Crippen molar-refractivity contribution in [2.45, 2.75) is 13.3 Å². The van der Waals surface area contributed by atoms with Crippen LogP contribution in [0.4, 0.5) is 11.4 Å². The van der Waals surface area contributed by atoms with E-state index in [1.165, 1.54) is 0 Å². The molecule has 64 valence electrons.